The number of hydrogen-bond donors (Lipinski definition) is 0. The fraction of sp³-hybridized carbons (Fsp3) is 0.444. The summed E-state index contributed by atoms with van der Waals surface area (Å²) in [4.78, 5) is 13.2. The molecule has 0 amide bonds. The highest BCUT2D eigenvalue weighted by molar-refractivity contribution is 5.89. The number of nitrogens with zero attached hydrogens (tertiary/aromatic N) is 1. The first-order valence-corrected chi connectivity index (χ1v) is 3.72. The van der Waals surface area contributed by atoms with Crippen LogP contribution in [0, 0.1) is 12.3 Å². The molecule has 0 atom stereocenters. The van der Waals surface area contributed by atoms with Gasteiger partial charge in [-0.1, -0.05) is 12.0 Å². The molecule has 1 heterocycles. The van der Waals surface area contributed by atoms with Crippen LogP contribution in [0.4, 0.5) is 0 Å². The van der Waals surface area contributed by atoms with Crippen LogP contribution >= 0.6 is 0 Å². The molecule has 0 bridgehead atoms. The topological polar surface area (TPSA) is 29.5 Å². The summed E-state index contributed by atoms with van der Waals surface area (Å²) in [6.45, 7) is 1.52. The summed E-state index contributed by atoms with van der Waals surface area (Å²) in [5, 5.41) is 0. The van der Waals surface area contributed by atoms with Crippen molar-refractivity contribution in [2.45, 2.75) is 0 Å². The number of ether oxygens (including phenoxy) is 1. The van der Waals surface area contributed by atoms with E-state index >= 15 is 0 Å². The number of hydrogen-bond acceptors (Lipinski definition) is 3. The molecule has 0 saturated heterocycles. The molecular formula is C9H11NO2. The van der Waals surface area contributed by atoms with Gasteiger partial charge in [-0.25, -0.2) is 4.79 Å². The number of carbonyl (C=O) groups is 1. The maximum atomic E-state index is 11.1. The minimum Gasteiger partial charge on any atom is -0.449 e. The lowest BCUT2D eigenvalue weighted by atomic mass is 10.3. The molecular weight excluding hydrogens is 154 g/mol. The Balaban J connectivity index is 2.39. The predicted octanol–water partition coefficient (Wildman–Crippen LogP) is 0.0346. The average Bonchev–Trinajstić information content (AvgIpc) is 2.47. The summed E-state index contributed by atoms with van der Waals surface area (Å²) in [6, 6.07) is 0. The number of rotatable bonds is 2. The van der Waals surface area contributed by atoms with Crippen LogP contribution in [0.15, 0.2) is 11.6 Å². The van der Waals surface area contributed by atoms with Gasteiger partial charge < -0.3 is 4.74 Å². The van der Waals surface area contributed by atoms with Gasteiger partial charge in [-0.2, -0.15) is 0 Å². The molecule has 1 aliphatic rings. The first-order chi connectivity index (χ1) is 5.74. The molecule has 0 aromatic heterocycles. The van der Waals surface area contributed by atoms with Crippen LogP contribution in [-0.2, 0) is 9.53 Å². The Kier molecular flexibility index (Phi) is 2.89. The van der Waals surface area contributed by atoms with Crippen molar-refractivity contribution >= 4 is 5.97 Å². The number of esters is 1. The summed E-state index contributed by atoms with van der Waals surface area (Å²) in [6.07, 6.45) is 6.81. The molecule has 0 N–H and O–H groups in total. The zero-order valence-corrected chi connectivity index (χ0v) is 7.04. The molecule has 3 heteroatoms. The Morgan fingerprint density at radius 3 is 3.17 bits per heavy atom. The predicted molar refractivity (Wildman–Crippen MR) is 45.4 cm³/mol. The highest BCUT2D eigenvalue weighted by Gasteiger charge is 2.17. The minimum absolute atomic E-state index is 0.0554. The fourth-order valence-corrected chi connectivity index (χ4v) is 1.03. The van der Waals surface area contributed by atoms with E-state index in [9.17, 15) is 4.79 Å². The van der Waals surface area contributed by atoms with Crippen LogP contribution in [0.2, 0.25) is 0 Å². The quantitative estimate of drug-likeness (QED) is 0.427. The van der Waals surface area contributed by atoms with E-state index in [-0.39, 0.29) is 12.6 Å². The van der Waals surface area contributed by atoms with Gasteiger partial charge in [-0.05, 0) is 7.05 Å². The van der Waals surface area contributed by atoms with E-state index < -0.39 is 0 Å². The lowest BCUT2D eigenvalue weighted by Gasteiger charge is -2.06. The number of terminal acetylenes is 1. The molecule has 0 fully saturated rings. The Bertz CT molecular complexity index is 250. The lowest BCUT2D eigenvalue weighted by molar-refractivity contribution is -0.137. The average molecular weight is 165 g/mol. The van der Waals surface area contributed by atoms with Gasteiger partial charge in [0.15, 0.2) is 6.61 Å². The molecule has 0 aromatic carbocycles. The number of carbonyl (C=O) groups excluding carboxylic acids is 1. The van der Waals surface area contributed by atoms with Gasteiger partial charge in [0, 0.05) is 18.7 Å². The van der Waals surface area contributed by atoms with Gasteiger partial charge in [0.1, 0.15) is 0 Å². The molecule has 1 rings (SSSR count). The molecule has 3 nitrogen and oxygen atoms in total. The van der Waals surface area contributed by atoms with Crippen LogP contribution in [0.1, 0.15) is 0 Å². The third kappa shape index (κ3) is 2.11. The maximum absolute atomic E-state index is 11.1. The van der Waals surface area contributed by atoms with Crippen molar-refractivity contribution in [3.05, 3.63) is 11.6 Å². The molecule has 64 valence electrons. The van der Waals surface area contributed by atoms with E-state index in [0.717, 1.165) is 6.54 Å². The van der Waals surface area contributed by atoms with Gasteiger partial charge >= 0.3 is 5.97 Å². The second kappa shape index (κ2) is 3.93. The van der Waals surface area contributed by atoms with E-state index in [1.54, 1.807) is 0 Å². The summed E-state index contributed by atoms with van der Waals surface area (Å²) in [5.74, 6) is 1.96. The standard InChI is InChI=1S/C9H11NO2/c1-3-6-12-9(11)8-4-5-10(2)7-8/h1,4H,5-7H2,2H3. The van der Waals surface area contributed by atoms with Gasteiger partial charge in [-0.3, -0.25) is 4.90 Å². The SMILES string of the molecule is C#CCOC(=O)C1=CCN(C)C1. The minimum atomic E-state index is -0.294. The maximum Gasteiger partial charge on any atom is 0.336 e. The largest absolute Gasteiger partial charge is 0.449 e. The second-order valence-electron chi connectivity index (χ2n) is 2.71. The van der Waals surface area contributed by atoms with Crippen molar-refractivity contribution in [3.8, 4) is 12.3 Å². The van der Waals surface area contributed by atoms with Crippen molar-refractivity contribution in [2.75, 3.05) is 26.7 Å². The van der Waals surface area contributed by atoms with Crippen LogP contribution in [0.25, 0.3) is 0 Å². The third-order valence-electron chi connectivity index (χ3n) is 1.64. The Labute approximate surface area is 72.0 Å². The fourth-order valence-electron chi connectivity index (χ4n) is 1.03. The molecule has 12 heavy (non-hydrogen) atoms. The van der Waals surface area contributed by atoms with E-state index in [0.29, 0.717) is 12.1 Å². The van der Waals surface area contributed by atoms with Crippen molar-refractivity contribution in [2.24, 2.45) is 0 Å². The first-order valence-electron chi connectivity index (χ1n) is 3.72. The number of likely N-dealkylation sites (N-methyl/N-ethyl adjacent to an activating group) is 1. The molecule has 0 spiro atoms. The van der Waals surface area contributed by atoms with E-state index in [1.807, 2.05) is 18.0 Å². The smallest absolute Gasteiger partial charge is 0.336 e. The van der Waals surface area contributed by atoms with E-state index in [2.05, 4.69) is 5.92 Å². The molecule has 0 radical (unpaired) electrons. The summed E-state index contributed by atoms with van der Waals surface area (Å²) >= 11 is 0. The first kappa shape index (κ1) is 8.82. The van der Waals surface area contributed by atoms with Crippen LogP contribution in [-0.4, -0.2) is 37.6 Å². The Morgan fingerprint density at radius 2 is 2.67 bits per heavy atom. The lowest BCUT2D eigenvalue weighted by Crippen LogP contribution is -2.17. The summed E-state index contributed by atoms with van der Waals surface area (Å²) in [7, 11) is 1.94. The highest BCUT2D eigenvalue weighted by Crippen LogP contribution is 2.07. The van der Waals surface area contributed by atoms with Gasteiger partial charge in [0.05, 0.1) is 0 Å². The van der Waals surface area contributed by atoms with Crippen LogP contribution < -0.4 is 0 Å². The van der Waals surface area contributed by atoms with Crippen molar-refractivity contribution in [1.82, 2.24) is 4.90 Å². The summed E-state index contributed by atoms with van der Waals surface area (Å²) in [5.41, 5.74) is 0.702. The van der Waals surface area contributed by atoms with Gasteiger partial charge in [0.2, 0.25) is 0 Å². The van der Waals surface area contributed by atoms with Crippen LogP contribution in [0.5, 0.6) is 0 Å². The Hall–Kier alpha value is -1.27. The normalized spacial score (nSPS) is 16.8. The zero-order chi connectivity index (χ0) is 8.97. The van der Waals surface area contributed by atoms with Gasteiger partial charge in [-0.15, -0.1) is 6.42 Å². The zero-order valence-electron chi connectivity index (χ0n) is 7.04. The van der Waals surface area contributed by atoms with Gasteiger partial charge in [0.25, 0.3) is 0 Å². The van der Waals surface area contributed by atoms with E-state index in [4.69, 9.17) is 11.2 Å². The van der Waals surface area contributed by atoms with Crippen molar-refractivity contribution < 1.29 is 9.53 Å². The van der Waals surface area contributed by atoms with Crippen LogP contribution in [0.3, 0.4) is 0 Å². The molecule has 0 aromatic rings. The highest BCUT2D eigenvalue weighted by atomic mass is 16.5. The van der Waals surface area contributed by atoms with E-state index in [1.165, 1.54) is 0 Å². The third-order valence-corrected chi connectivity index (χ3v) is 1.64. The monoisotopic (exact) mass is 165 g/mol. The van der Waals surface area contributed by atoms with Crippen molar-refractivity contribution in [1.29, 1.82) is 0 Å². The second-order valence-corrected chi connectivity index (χ2v) is 2.71. The summed E-state index contributed by atoms with van der Waals surface area (Å²) < 4.78 is 4.75. The van der Waals surface area contributed by atoms with Crippen molar-refractivity contribution in [3.63, 3.8) is 0 Å². The molecule has 0 unspecified atom stereocenters. The molecule has 1 aliphatic heterocycles. The Morgan fingerprint density at radius 1 is 1.92 bits per heavy atom. The molecule has 0 aliphatic carbocycles. The molecule has 0 saturated carbocycles.